The molecule has 38 heavy (non-hydrogen) atoms. The second-order valence-electron chi connectivity index (χ2n) is 14.2. The van der Waals surface area contributed by atoms with Crippen LogP contribution < -0.4 is 5.73 Å². The molecule has 4 aliphatic rings. The summed E-state index contributed by atoms with van der Waals surface area (Å²) in [7, 11) is 0. The molecule has 0 radical (unpaired) electrons. The summed E-state index contributed by atoms with van der Waals surface area (Å²) in [4.78, 5) is 16.8. The molecule has 4 nitrogen and oxygen atoms in total. The molecule has 4 heteroatoms. The lowest BCUT2D eigenvalue weighted by Crippen LogP contribution is -2.50. The molecule has 7 unspecified atom stereocenters. The molecule has 0 amide bonds. The number of carbonyl (C=O) groups is 1. The normalized spacial score (nSPS) is 36.2. The van der Waals surface area contributed by atoms with E-state index in [1.165, 1.54) is 64.2 Å². The molecule has 0 aliphatic heterocycles. The number of unbranched alkanes of at least 4 members (excludes halogenated alkanes) is 1. The number of ether oxygens (including phenoxy) is 1. The van der Waals surface area contributed by atoms with Gasteiger partial charge in [-0.3, -0.25) is 4.79 Å². The number of carbonyl (C=O) groups excluding carboxylic acids is 1. The maximum absolute atomic E-state index is 12.7. The quantitative estimate of drug-likeness (QED) is 0.202. The second-order valence-corrected chi connectivity index (χ2v) is 14.2. The maximum Gasteiger partial charge on any atom is 0.306 e. The lowest BCUT2D eigenvalue weighted by atomic mass is 9.47. The Morgan fingerprint density at radius 2 is 1.95 bits per heavy atom. The van der Waals surface area contributed by atoms with E-state index in [-0.39, 0.29) is 12.1 Å². The number of aryl methyl sites for hydroxylation is 1. The summed E-state index contributed by atoms with van der Waals surface area (Å²) in [5.41, 5.74) is 9.16. The number of aromatic nitrogens is 1. The first-order valence-corrected chi connectivity index (χ1v) is 15.8. The summed E-state index contributed by atoms with van der Waals surface area (Å²) in [6.07, 6.45) is 21.2. The number of nitrogen functional groups attached to an aromatic ring is 1. The molecular formula is C34H52N2O2. The van der Waals surface area contributed by atoms with Crippen LogP contribution in [0.3, 0.4) is 0 Å². The zero-order chi connectivity index (χ0) is 26.9. The van der Waals surface area contributed by atoms with Crippen molar-refractivity contribution in [2.75, 3.05) is 5.73 Å². The van der Waals surface area contributed by atoms with E-state index in [1.807, 2.05) is 6.07 Å². The van der Waals surface area contributed by atoms with Gasteiger partial charge >= 0.3 is 5.97 Å². The summed E-state index contributed by atoms with van der Waals surface area (Å²) >= 11 is 0. The molecule has 0 aromatic carbocycles. The van der Waals surface area contributed by atoms with Gasteiger partial charge in [0, 0.05) is 19.0 Å². The fourth-order valence-electron chi connectivity index (χ4n) is 9.33. The number of nitrogens with zero attached hydrogens (tertiary/aromatic N) is 1. The van der Waals surface area contributed by atoms with Crippen LogP contribution in [0, 0.1) is 40.4 Å². The molecule has 1 heterocycles. The highest BCUT2D eigenvalue weighted by Crippen LogP contribution is 2.66. The summed E-state index contributed by atoms with van der Waals surface area (Å²) in [6, 6.07) is 3.73. The van der Waals surface area contributed by atoms with Gasteiger partial charge in [0.25, 0.3) is 0 Å². The van der Waals surface area contributed by atoms with E-state index >= 15 is 0 Å². The van der Waals surface area contributed by atoms with Crippen LogP contribution in [0.2, 0.25) is 0 Å². The zero-order valence-electron chi connectivity index (χ0n) is 24.5. The minimum atomic E-state index is -0.0801. The molecular weight excluding hydrogens is 468 g/mol. The molecule has 1 aromatic rings. The highest BCUT2D eigenvalue weighted by Gasteiger charge is 2.58. The minimum absolute atomic E-state index is 0.0403. The first-order valence-electron chi connectivity index (χ1n) is 15.8. The van der Waals surface area contributed by atoms with E-state index in [0.717, 1.165) is 48.0 Å². The minimum Gasteiger partial charge on any atom is -0.462 e. The van der Waals surface area contributed by atoms with Crippen molar-refractivity contribution in [1.29, 1.82) is 0 Å². The molecule has 3 fully saturated rings. The fourth-order valence-corrected chi connectivity index (χ4v) is 9.33. The zero-order valence-corrected chi connectivity index (χ0v) is 24.5. The fraction of sp³-hybridized carbons (Fsp3) is 0.765. The second kappa shape index (κ2) is 11.3. The van der Waals surface area contributed by atoms with Crippen molar-refractivity contribution in [3.63, 3.8) is 0 Å². The van der Waals surface area contributed by atoms with E-state index in [1.54, 1.807) is 17.8 Å². The van der Waals surface area contributed by atoms with Gasteiger partial charge in [0.05, 0.1) is 0 Å². The van der Waals surface area contributed by atoms with Crippen LogP contribution in [-0.4, -0.2) is 17.1 Å². The number of nitrogens with two attached hydrogens (primary N) is 1. The average molecular weight is 521 g/mol. The molecule has 5 rings (SSSR count). The third-order valence-electron chi connectivity index (χ3n) is 11.6. The van der Waals surface area contributed by atoms with Gasteiger partial charge in [-0.25, -0.2) is 4.98 Å². The SMILES string of the molecule is CC(C)CCCCC1CCC2C3CC=C4CC(OC(=O)CCc5ccc(N)nc5)CCC4(C)C3CCC12C. The standard InChI is InChI=1S/C34H52N2O2/c1-23(2)7-5-6-8-25-12-14-29-28-13-11-26-21-27(17-19-34(26,4)30(28)18-20-33(25,29)3)38-32(37)16-10-24-9-15-31(35)36-22-24/h9,11,15,22-23,25,27-30H,5-8,10,12-14,16-21H2,1-4H3,(H2,35,36). The Labute approximate surface area is 231 Å². The number of hydrogen-bond donors (Lipinski definition) is 1. The van der Waals surface area contributed by atoms with Crippen LogP contribution in [-0.2, 0) is 16.0 Å². The van der Waals surface area contributed by atoms with Gasteiger partial charge in [-0.2, -0.15) is 0 Å². The van der Waals surface area contributed by atoms with Gasteiger partial charge in [-0.05, 0) is 110 Å². The monoisotopic (exact) mass is 520 g/mol. The predicted molar refractivity (Wildman–Crippen MR) is 155 cm³/mol. The van der Waals surface area contributed by atoms with Crippen LogP contribution >= 0.6 is 0 Å². The first kappa shape index (κ1) is 27.7. The van der Waals surface area contributed by atoms with E-state index < -0.39 is 0 Å². The van der Waals surface area contributed by atoms with Crippen LogP contribution in [0.5, 0.6) is 0 Å². The van der Waals surface area contributed by atoms with Crippen molar-refractivity contribution in [3.8, 4) is 0 Å². The third-order valence-corrected chi connectivity index (χ3v) is 11.6. The van der Waals surface area contributed by atoms with Crippen LogP contribution in [0.1, 0.15) is 117 Å². The third kappa shape index (κ3) is 5.56. The maximum atomic E-state index is 12.7. The summed E-state index contributed by atoms with van der Waals surface area (Å²) in [6.45, 7) is 9.95. The number of fused-ring (bicyclic) bond motifs is 5. The highest BCUT2D eigenvalue weighted by molar-refractivity contribution is 5.70. The molecule has 1 aromatic heterocycles. The smallest absolute Gasteiger partial charge is 0.306 e. The number of hydrogen-bond acceptors (Lipinski definition) is 4. The molecule has 7 atom stereocenters. The van der Waals surface area contributed by atoms with Crippen molar-refractivity contribution >= 4 is 11.8 Å². The molecule has 0 bridgehead atoms. The molecule has 2 N–H and O–H groups in total. The van der Waals surface area contributed by atoms with Gasteiger partial charge in [0.2, 0.25) is 0 Å². The van der Waals surface area contributed by atoms with E-state index in [4.69, 9.17) is 10.5 Å². The summed E-state index contributed by atoms with van der Waals surface area (Å²) < 4.78 is 6.00. The van der Waals surface area contributed by atoms with Crippen molar-refractivity contribution in [2.24, 2.45) is 40.4 Å². The van der Waals surface area contributed by atoms with Crippen LogP contribution in [0.4, 0.5) is 5.82 Å². The number of allylic oxidation sites excluding steroid dienone is 1. The number of esters is 1. The van der Waals surface area contributed by atoms with Gasteiger partial charge in [-0.1, -0.05) is 64.7 Å². The number of anilines is 1. The molecule has 0 saturated heterocycles. The van der Waals surface area contributed by atoms with Crippen molar-refractivity contribution in [1.82, 2.24) is 4.98 Å². The Hall–Kier alpha value is -1.84. The van der Waals surface area contributed by atoms with E-state index in [0.29, 0.717) is 29.5 Å². The van der Waals surface area contributed by atoms with Gasteiger partial charge in [-0.15, -0.1) is 0 Å². The van der Waals surface area contributed by atoms with E-state index in [9.17, 15) is 4.79 Å². The Morgan fingerprint density at radius 1 is 1.11 bits per heavy atom. The topological polar surface area (TPSA) is 65.2 Å². The Kier molecular flexibility index (Phi) is 8.27. The average Bonchev–Trinajstić information content (AvgIpc) is 3.22. The van der Waals surface area contributed by atoms with E-state index in [2.05, 4.69) is 38.8 Å². The van der Waals surface area contributed by atoms with Crippen molar-refractivity contribution in [2.45, 2.75) is 124 Å². The van der Waals surface area contributed by atoms with Crippen molar-refractivity contribution < 1.29 is 9.53 Å². The van der Waals surface area contributed by atoms with Crippen LogP contribution in [0.25, 0.3) is 0 Å². The largest absolute Gasteiger partial charge is 0.462 e. The Bertz CT molecular complexity index is 1000. The predicted octanol–water partition coefficient (Wildman–Crippen LogP) is 8.30. The molecule has 4 aliphatic carbocycles. The van der Waals surface area contributed by atoms with Gasteiger partial charge < -0.3 is 10.5 Å². The van der Waals surface area contributed by atoms with Gasteiger partial charge in [0.15, 0.2) is 0 Å². The first-order chi connectivity index (χ1) is 18.2. The number of pyridine rings is 1. The molecule has 3 saturated carbocycles. The highest BCUT2D eigenvalue weighted by atomic mass is 16.5. The Balaban J connectivity index is 1.17. The summed E-state index contributed by atoms with van der Waals surface area (Å²) in [5.74, 6) is 4.79. The van der Waals surface area contributed by atoms with Crippen molar-refractivity contribution in [3.05, 3.63) is 35.5 Å². The lowest BCUT2D eigenvalue weighted by Gasteiger charge is -2.58. The molecule has 0 spiro atoms. The number of rotatable bonds is 9. The van der Waals surface area contributed by atoms with Gasteiger partial charge in [0.1, 0.15) is 11.9 Å². The summed E-state index contributed by atoms with van der Waals surface area (Å²) in [5, 5.41) is 0. The van der Waals surface area contributed by atoms with Crippen LogP contribution in [0.15, 0.2) is 30.0 Å². The lowest BCUT2D eigenvalue weighted by molar-refractivity contribution is -0.151. The Morgan fingerprint density at radius 3 is 2.71 bits per heavy atom. The molecule has 210 valence electrons.